The Balaban J connectivity index is 3.12. The summed E-state index contributed by atoms with van der Waals surface area (Å²) < 4.78 is 0. The first-order valence-corrected chi connectivity index (χ1v) is 6.61. The second-order valence-corrected chi connectivity index (χ2v) is 4.86. The fourth-order valence-corrected chi connectivity index (χ4v) is 2.01. The molecule has 3 nitrogen and oxygen atoms in total. The van der Waals surface area contributed by atoms with Gasteiger partial charge in [-0.3, -0.25) is 9.63 Å². The molecule has 0 N–H and O–H groups in total. The van der Waals surface area contributed by atoms with Gasteiger partial charge < -0.3 is 0 Å². The molecule has 0 bridgehead atoms. The van der Waals surface area contributed by atoms with Crippen LogP contribution in [0.4, 0.5) is 5.69 Å². The van der Waals surface area contributed by atoms with Crippen LogP contribution in [0.25, 0.3) is 0 Å². The number of hydrogen-bond donors (Lipinski definition) is 0. The highest BCUT2D eigenvalue weighted by Gasteiger charge is 2.17. The average Bonchev–Trinajstić information content (AvgIpc) is 2.30. The molecule has 0 saturated carbocycles. The molecule has 0 fully saturated rings. The number of rotatable bonds is 5. The van der Waals surface area contributed by atoms with Crippen LogP contribution in [0.2, 0.25) is 0 Å². The van der Waals surface area contributed by atoms with E-state index >= 15 is 0 Å². The van der Waals surface area contributed by atoms with Crippen LogP contribution >= 0.6 is 11.6 Å². The van der Waals surface area contributed by atoms with E-state index in [4.69, 9.17) is 16.4 Å². The van der Waals surface area contributed by atoms with Crippen LogP contribution in [-0.4, -0.2) is 18.4 Å². The Morgan fingerprint density at radius 2 is 2.11 bits per heavy atom. The fourth-order valence-electron chi connectivity index (χ4n) is 1.94. The van der Waals surface area contributed by atoms with Gasteiger partial charge in [-0.25, -0.2) is 0 Å². The number of amides is 1. The van der Waals surface area contributed by atoms with Crippen LogP contribution in [0.5, 0.6) is 0 Å². The van der Waals surface area contributed by atoms with Gasteiger partial charge in [-0.05, 0) is 30.0 Å². The number of alkyl halides is 1. The van der Waals surface area contributed by atoms with Crippen LogP contribution < -0.4 is 5.06 Å². The number of carbonyl (C=O) groups is 1. The van der Waals surface area contributed by atoms with Crippen LogP contribution in [-0.2, 0) is 9.63 Å². The Labute approximate surface area is 114 Å². The Bertz CT molecular complexity index is 418. The van der Waals surface area contributed by atoms with Crippen molar-refractivity contribution in [3.05, 3.63) is 29.3 Å². The molecule has 0 aromatic heterocycles. The molecule has 0 saturated heterocycles. The van der Waals surface area contributed by atoms with Crippen LogP contribution in [0, 0.1) is 6.92 Å². The number of hydrogen-bond acceptors (Lipinski definition) is 2. The molecular formula is C14H20ClNO2. The first-order valence-electron chi connectivity index (χ1n) is 6.08. The minimum atomic E-state index is -0.149. The number of halogens is 1. The van der Waals surface area contributed by atoms with Gasteiger partial charge in [0.1, 0.15) is 0 Å². The quantitative estimate of drug-likeness (QED) is 0.603. The Kier molecular flexibility index (Phi) is 5.63. The summed E-state index contributed by atoms with van der Waals surface area (Å²) in [5, 5.41) is 1.32. The van der Waals surface area contributed by atoms with Crippen molar-refractivity contribution in [3.8, 4) is 0 Å². The van der Waals surface area contributed by atoms with E-state index in [1.54, 1.807) is 0 Å². The van der Waals surface area contributed by atoms with Gasteiger partial charge in [-0.2, -0.15) is 5.06 Å². The molecule has 0 spiro atoms. The maximum atomic E-state index is 11.6. The molecule has 0 atom stereocenters. The van der Waals surface area contributed by atoms with Gasteiger partial charge in [0.25, 0.3) is 0 Å². The molecule has 18 heavy (non-hydrogen) atoms. The summed E-state index contributed by atoms with van der Waals surface area (Å²) in [6, 6.07) is 5.90. The minimum Gasteiger partial charge on any atom is -0.273 e. The van der Waals surface area contributed by atoms with Gasteiger partial charge in [0.05, 0.1) is 12.3 Å². The molecule has 0 aliphatic heterocycles. The monoisotopic (exact) mass is 269 g/mol. The molecule has 100 valence electrons. The second kappa shape index (κ2) is 6.76. The molecule has 1 amide bonds. The summed E-state index contributed by atoms with van der Waals surface area (Å²) in [6.07, 6.45) is 0. The Morgan fingerprint density at radius 3 is 2.61 bits per heavy atom. The third-order valence-electron chi connectivity index (χ3n) is 2.77. The highest BCUT2D eigenvalue weighted by molar-refractivity contribution is 6.18. The summed E-state index contributed by atoms with van der Waals surface area (Å²) in [5.74, 6) is 0.614. The maximum Gasteiger partial charge on any atom is 0.247 e. The third-order valence-corrected chi connectivity index (χ3v) is 2.93. The minimum absolute atomic E-state index is 0.149. The molecule has 4 heteroatoms. The number of nitrogens with zero attached hydrogens (tertiary/aromatic N) is 1. The Morgan fingerprint density at radius 1 is 1.44 bits per heavy atom. The summed E-state index contributed by atoms with van der Waals surface area (Å²) in [4.78, 5) is 17.0. The third kappa shape index (κ3) is 3.47. The number of carbonyl (C=O) groups excluding carboxylic acids is 1. The molecule has 1 rings (SSSR count). The van der Waals surface area contributed by atoms with E-state index in [9.17, 15) is 4.79 Å². The van der Waals surface area contributed by atoms with E-state index < -0.39 is 0 Å². The normalized spacial score (nSPS) is 10.8. The lowest BCUT2D eigenvalue weighted by molar-refractivity contribution is -0.123. The maximum absolute atomic E-state index is 11.6. The van der Waals surface area contributed by atoms with Gasteiger partial charge >= 0.3 is 0 Å². The highest BCUT2D eigenvalue weighted by atomic mass is 35.5. The van der Waals surface area contributed by atoms with Gasteiger partial charge in [0, 0.05) is 12.8 Å². The molecule has 1 aromatic carbocycles. The molecule has 1 aromatic rings. The zero-order valence-corrected chi connectivity index (χ0v) is 12.1. The molecule has 0 radical (unpaired) electrons. The van der Waals surface area contributed by atoms with Gasteiger partial charge in [0.15, 0.2) is 0 Å². The standard InChI is InChI=1S/C14H20ClNO2/c1-10(2)13-6-5-7-14(11(13)3)16(12(4)17)18-9-8-15/h5-7,10H,8-9H2,1-4H3. The van der Waals surface area contributed by atoms with Crippen molar-refractivity contribution < 1.29 is 9.63 Å². The first kappa shape index (κ1) is 15.0. The average molecular weight is 270 g/mol. The topological polar surface area (TPSA) is 29.5 Å². The van der Waals surface area contributed by atoms with Crippen molar-refractivity contribution in [2.24, 2.45) is 0 Å². The van der Waals surface area contributed by atoms with E-state index in [1.165, 1.54) is 17.6 Å². The number of anilines is 1. The summed E-state index contributed by atoms with van der Waals surface area (Å²) in [6.45, 7) is 8.06. The van der Waals surface area contributed by atoms with E-state index in [-0.39, 0.29) is 5.91 Å². The van der Waals surface area contributed by atoms with Crippen molar-refractivity contribution >= 4 is 23.2 Å². The Hall–Kier alpha value is -1.06. The zero-order chi connectivity index (χ0) is 13.7. The smallest absolute Gasteiger partial charge is 0.247 e. The van der Waals surface area contributed by atoms with Crippen molar-refractivity contribution in [2.75, 3.05) is 17.6 Å². The van der Waals surface area contributed by atoms with Gasteiger partial charge in [0.2, 0.25) is 5.91 Å². The van der Waals surface area contributed by atoms with Gasteiger partial charge in [-0.15, -0.1) is 11.6 Å². The number of hydroxylamine groups is 1. The zero-order valence-electron chi connectivity index (χ0n) is 11.4. The molecule has 0 heterocycles. The second-order valence-electron chi connectivity index (χ2n) is 4.48. The van der Waals surface area contributed by atoms with E-state index in [1.807, 2.05) is 19.1 Å². The lowest BCUT2D eigenvalue weighted by Gasteiger charge is -2.23. The van der Waals surface area contributed by atoms with E-state index in [0.717, 1.165) is 11.3 Å². The fraction of sp³-hybridized carbons (Fsp3) is 0.500. The lowest BCUT2D eigenvalue weighted by atomic mass is 9.97. The lowest BCUT2D eigenvalue weighted by Crippen LogP contribution is -2.30. The van der Waals surface area contributed by atoms with Crippen molar-refractivity contribution in [1.29, 1.82) is 0 Å². The highest BCUT2D eigenvalue weighted by Crippen LogP contribution is 2.28. The summed E-state index contributed by atoms with van der Waals surface area (Å²) in [5.41, 5.74) is 3.07. The summed E-state index contributed by atoms with van der Waals surface area (Å²) in [7, 11) is 0. The van der Waals surface area contributed by atoms with Gasteiger partial charge in [-0.1, -0.05) is 26.0 Å². The SMILES string of the molecule is CC(=O)N(OCCCl)c1cccc(C(C)C)c1C. The molecular weight excluding hydrogens is 250 g/mol. The predicted octanol–water partition coefficient (Wildman–Crippen LogP) is 3.64. The largest absolute Gasteiger partial charge is 0.273 e. The van der Waals surface area contributed by atoms with Crippen LogP contribution in [0.15, 0.2) is 18.2 Å². The molecule has 0 aliphatic rings. The number of benzene rings is 1. The van der Waals surface area contributed by atoms with Crippen molar-refractivity contribution in [1.82, 2.24) is 0 Å². The molecule has 0 aliphatic carbocycles. The van der Waals surface area contributed by atoms with Crippen molar-refractivity contribution in [3.63, 3.8) is 0 Å². The van der Waals surface area contributed by atoms with Crippen LogP contribution in [0.1, 0.15) is 37.8 Å². The van der Waals surface area contributed by atoms with E-state index in [2.05, 4.69) is 19.9 Å². The molecule has 0 unspecified atom stereocenters. The summed E-state index contributed by atoms with van der Waals surface area (Å²) >= 11 is 5.60. The van der Waals surface area contributed by atoms with Crippen LogP contribution in [0.3, 0.4) is 0 Å². The first-order chi connectivity index (χ1) is 8.49. The predicted molar refractivity (Wildman–Crippen MR) is 75.1 cm³/mol. The van der Waals surface area contributed by atoms with E-state index in [0.29, 0.717) is 18.4 Å². The van der Waals surface area contributed by atoms with Crippen molar-refractivity contribution in [2.45, 2.75) is 33.6 Å².